The van der Waals surface area contributed by atoms with Crippen LogP contribution in [0.25, 0.3) is 0 Å². The lowest BCUT2D eigenvalue weighted by molar-refractivity contribution is -0.137. The Morgan fingerprint density at radius 3 is 1.26 bits per heavy atom. The number of rotatable bonds is 14. The van der Waals surface area contributed by atoms with Crippen molar-refractivity contribution in [3.63, 3.8) is 0 Å². The van der Waals surface area contributed by atoms with E-state index in [9.17, 15) is 55.1 Å². The van der Waals surface area contributed by atoms with Crippen LogP contribution in [0.5, 0.6) is 0 Å². The van der Waals surface area contributed by atoms with Crippen molar-refractivity contribution >= 4 is 116 Å². The van der Waals surface area contributed by atoms with Crippen molar-refractivity contribution in [2.24, 2.45) is 20.5 Å². The molecule has 0 aliphatic heterocycles. The highest BCUT2D eigenvalue weighted by atomic mass is 35.5. The zero-order valence-corrected chi connectivity index (χ0v) is 38.3. The van der Waals surface area contributed by atoms with Crippen molar-refractivity contribution in [2.45, 2.75) is 52.1 Å². The molecule has 0 saturated carbocycles. The Kier molecular flexibility index (Phi) is 16.5. The minimum atomic E-state index is -4.91. The number of alkyl halides is 6. The van der Waals surface area contributed by atoms with E-state index in [1.165, 1.54) is 48.5 Å². The standard InChI is InChI=1S/C44H32Cl4F6N8O6/c1-19-15-25(55-41(67)37(21(3)63)61-59-23-11-13-28(45)26(17-23)39(65)56-32-9-5-7-30(47)34(32)43(49,50)51)16-20(2)36(19)58-42(68)38(22(4)64)62-60-24-12-14-29(46)27(18-24)40(66)57-33-10-6-8-31(48)35(33)44(52,53)54/h5-18,37-38H,1-4H3,(H,55,67)(H,56,65)(H,57,66)(H,58,68). The van der Waals surface area contributed by atoms with Crippen LogP contribution in [0.1, 0.15) is 56.8 Å². The largest absolute Gasteiger partial charge is 0.419 e. The number of Topliss-reactive ketones (excluding diaryl/α,β-unsaturated/α-hetero) is 2. The molecule has 0 aliphatic rings. The van der Waals surface area contributed by atoms with Gasteiger partial charge in [0.1, 0.15) is 0 Å². The van der Waals surface area contributed by atoms with Crippen molar-refractivity contribution in [2.75, 3.05) is 21.3 Å². The number of halogens is 10. The third kappa shape index (κ3) is 12.8. The number of hydrogen-bond acceptors (Lipinski definition) is 10. The first-order chi connectivity index (χ1) is 31.8. The van der Waals surface area contributed by atoms with Gasteiger partial charge in [0.2, 0.25) is 12.1 Å². The molecule has 0 aliphatic carbocycles. The molecule has 0 aromatic heterocycles. The van der Waals surface area contributed by atoms with E-state index in [2.05, 4.69) is 41.7 Å². The van der Waals surface area contributed by atoms with Gasteiger partial charge in [0.15, 0.2) is 11.6 Å². The molecule has 2 atom stereocenters. The maximum atomic E-state index is 13.7. The van der Waals surface area contributed by atoms with Crippen molar-refractivity contribution in [1.29, 1.82) is 0 Å². The summed E-state index contributed by atoms with van der Waals surface area (Å²) in [5.74, 6) is -5.51. The third-order valence-corrected chi connectivity index (χ3v) is 10.7. The summed E-state index contributed by atoms with van der Waals surface area (Å²) in [5.41, 5.74) is -3.60. The van der Waals surface area contributed by atoms with Gasteiger partial charge in [-0.05, 0) is 112 Å². The Morgan fingerprint density at radius 2 is 0.897 bits per heavy atom. The summed E-state index contributed by atoms with van der Waals surface area (Å²) in [6.45, 7) is 5.23. The molecular formula is C44H32Cl4F6N8O6. The molecule has 14 nitrogen and oxygen atoms in total. The molecular weight excluding hydrogens is 992 g/mol. The number of ketones is 2. The maximum Gasteiger partial charge on any atom is 0.419 e. The van der Waals surface area contributed by atoms with E-state index in [0.717, 1.165) is 50.2 Å². The predicted octanol–water partition coefficient (Wildman–Crippen LogP) is 12.8. The summed E-state index contributed by atoms with van der Waals surface area (Å²) in [6, 6.07) is 12.9. The van der Waals surface area contributed by atoms with Gasteiger partial charge in [-0.25, -0.2) is 0 Å². The van der Waals surface area contributed by atoms with Gasteiger partial charge in [-0.3, -0.25) is 28.8 Å². The van der Waals surface area contributed by atoms with Crippen molar-refractivity contribution in [3.05, 3.63) is 138 Å². The molecule has 0 fully saturated rings. The number of nitrogens with zero attached hydrogens (tertiary/aromatic N) is 4. The number of amides is 4. The first-order valence-corrected chi connectivity index (χ1v) is 20.8. The topological polar surface area (TPSA) is 200 Å². The van der Waals surface area contributed by atoms with E-state index in [4.69, 9.17) is 46.4 Å². The normalized spacial score (nSPS) is 12.7. The van der Waals surface area contributed by atoms with Crippen LogP contribution in [0, 0.1) is 13.8 Å². The average molecular weight is 1020 g/mol. The number of benzene rings is 5. The molecule has 0 bridgehead atoms. The quantitative estimate of drug-likeness (QED) is 0.0484. The zero-order chi connectivity index (χ0) is 50.4. The van der Waals surface area contributed by atoms with E-state index >= 15 is 0 Å². The van der Waals surface area contributed by atoms with Gasteiger partial charge in [-0.1, -0.05) is 58.5 Å². The van der Waals surface area contributed by atoms with Crippen molar-refractivity contribution in [3.8, 4) is 0 Å². The van der Waals surface area contributed by atoms with Crippen LogP contribution < -0.4 is 21.3 Å². The molecule has 0 heterocycles. The van der Waals surface area contributed by atoms with Gasteiger partial charge in [0, 0.05) is 11.4 Å². The van der Waals surface area contributed by atoms with E-state index in [1.54, 1.807) is 13.8 Å². The Morgan fingerprint density at radius 1 is 0.515 bits per heavy atom. The van der Waals surface area contributed by atoms with Gasteiger partial charge >= 0.3 is 12.4 Å². The fourth-order valence-electron chi connectivity index (χ4n) is 6.23. The van der Waals surface area contributed by atoms with Crippen LogP contribution in [0.4, 0.5) is 60.5 Å². The summed E-state index contributed by atoms with van der Waals surface area (Å²) in [4.78, 5) is 78.0. The van der Waals surface area contributed by atoms with Crippen LogP contribution in [-0.4, -0.2) is 47.3 Å². The maximum absolute atomic E-state index is 13.7. The minimum absolute atomic E-state index is 0.0992. The lowest BCUT2D eigenvalue weighted by atomic mass is 10.1. The Bertz CT molecular complexity index is 2910. The SMILES string of the molecule is CC(=O)C(N=Nc1ccc(Cl)c(C(=O)Nc2cccc(Cl)c2C(F)(F)F)c1)C(=O)Nc1cc(C)c(NC(=O)C(N=Nc2ccc(Cl)c(C(=O)Nc3cccc(Cl)c3C(F)(F)F)c2)C(C)=O)c(C)c1. The van der Waals surface area contributed by atoms with Gasteiger partial charge in [-0.2, -0.15) is 46.8 Å². The summed E-state index contributed by atoms with van der Waals surface area (Å²) in [5, 5.41) is 23.2. The van der Waals surface area contributed by atoms with Gasteiger partial charge in [0.05, 0.1) is 65.1 Å². The molecule has 354 valence electrons. The smallest absolute Gasteiger partial charge is 0.324 e. The molecule has 4 amide bonds. The lowest BCUT2D eigenvalue weighted by Gasteiger charge is -2.17. The number of carbonyl (C=O) groups is 6. The second kappa shape index (κ2) is 21.5. The number of nitrogens with one attached hydrogen (secondary N) is 4. The Labute approximate surface area is 401 Å². The summed E-state index contributed by atoms with van der Waals surface area (Å²) in [6.07, 6.45) is -9.82. The van der Waals surface area contributed by atoms with Gasteiger partial charge in [0.25, 0.3) is 23.6 Å². The van der Waals surface area contributed by atoms with Crippen LogP contribution in [0.15, 0.2) is 105 Å². The first-order valence-electron chi connectivity index (χ1n) is 19.3. The number of carbonyl (C=O) groups excluding carboxylic acids is 6. The summed E-state index contributed by atoms with van der Waals surface area (Å²) in [7, 11) is 0. The molecule has 5 rings (SSSR count). The molecule has 0 spiro atoms. The van der Waals surface area contributed by atoms with E-state index < -0.39 is 92.2 Å². The summed E-state index contributed by atoms with van der Waals surface area (Å²) >= 11 is 23.8. The van der Waals surface area contributed by atoms with Crippen LogP contribution in [0.2, 0.25) is 20.1 Å². The monoisotopic (exact) mass is 1020 g/mol. The molecule has 5 aromatic rings. The average Bonchev–Trinajstić information content (AvgIpc) is 3.22. The fraction of sp³-hybridized carbons (Fsp3) is 0.182. The number of aryl methyl sites for hydroxylation is 2. The highest BCUT2D eigenvalue weighted by Gasteiger charge is 2.38. The van der Waals surface area contributed by atoms with Crippen molar-refractivity contribution < 1.29 is 55.1 Å². The van der Waals surface area contributed by atoms with Crippen molar-refractivity contribution in [1.82, 2.24) is 0 Å². The predicted molar refractivity (Wildman–Crippen MR) is 243 cm³/mol. The molecule has 68 heavy (non-hydrogen) atoms. The van der Waals surface area contributed by atoms with E-state index in [0.29, 0.717) is 11.1 Å². The number of azo groups is 2. The number of anilines is 4. The minimum Gasteiger partial charge on any atom is -0.324 e. The Balaban J connectivity index is 1.28. The second-order valence-corrected chi connectivity index (χ2v) is 16.1. The van der Waals surface area contributed by atoms with Gasteiger partial charge in [-0.15, -0.1) is 0 Å². The lowest BCUT2D eigenvalue weighted by Crippen LogP contribution is -2.33. The molecule has 0 radical (unpaired) electrons. The molecule has 5 aromatic carbocycles. The highest BCUT2D eigenvalue weighted by Crippen LogP contribution is 2.41. The van der Waals surface area contributed by atoms with Gasteiger partial charge < -0.3 is 21.3 Å². The summed E-state index contributed by atoms with van der Waals surface area (Å²) < 4.78 is 82.0. The molecule has 2 unspecified atom stereocenters. The molecule has 24 heteroatoms. The first kappa shape index (κ1) is 52.2. The van der Waals surface area contributed by atoms with Crippen LogP contribution >= 0.6 is 46.4 Å². The highest BCUT2D eigenvalue weighted by molar-refractivity contribution is 6.35. The third-order valence-electron chi connectivity index (χ3n) is 9.37. The Hall–Kier alpha value is -6.74. The fourth-order valence-corrected chi connectivity index (χ4v) is 7.20. The van der Waals surface area contributed by atoms with E-state index in [-0.39, 0.29) is 43.9 Å². The molecule has 4 N–H and O–H groups in total. The molecule has 0 saturated heterocycles. The van der Waals surface area contributed by atoms with Crippen LogP contribution in [0.3, 0.4) is 0 Å². The van der Waals surface area contributed by atoms with Crippen LogP contribution in [-0.2, 0) is 31.5 Å². The number of hydrogen-bond donors (Lipinski definition) is 4. The zero-order valence-electron chi connectivity index (χ0n) is 35.3. The van der Waals surface area contributed by atoms with E-state index in [1.807, 2.05) is 0 Å². The second-order valence-electron chi connectivity index (χ2n) is 14.5.